The molecule has 4 rings (SSSR count). The fraction of sp³-hybridized carbons (Fsp3) is 0.176. The van der Waals surface area contributed by atoms with E-state index in [0.29, 0.717) is 29.4 Å². The molecule has 0 fully saturated rings. The predicted molar refractivity (Wildman–Crippen MR) is 99.2 cm³/mol. The third kappa shape index (κ3) is 3.18. The van der Waals surface area contributed by atoms with Crippen LogP contribution in [0.1, 0.15) is 5.69 Å². The minimum absolute atomic E-state index is 0.556. The number of anilines is 2. The van der Waals surface area contributed by atoms with Crippen molar-refractivity contribution in [3.05, 3.63) is 59.2 Å². The highest BCUT2D eigenvalue weighted by Crippen LogP contribution is 2.40. The van der Waals surface area contributed by atoms with Crippen molar-refractivity contribution >= 4 is 33.1 Å². The summed E-state index contributed by atoms with van der Waals surface area (Å²) in [5.74, 6) is -0.670. The molecule has 0 amide bonds. The maximum Gasteiger partial charge on any atom is 0.287 e. The van der Waals surface area contributed by atoms with Gasteiger partial charge in [-0.2, -0.15) is 23.4 Å². The van der Waals surface area contributed by atoms with Gasteiger partial charge in [-0.1, -0.05) is 41.9 Å². The average molecular weight is 391 g/mol. The largest absolute Gasteiger partial charge is 0.339 e. The van der Waals surface area contributed by atoms with Crippen LogP contribution in [0.2, 0.25) is 5.02 Å². The van der Waals surface area contributed by atoms with E-state index >= 15 is 0 Å². The molecule has 1 aliphatic heterocycles. The van der Waals surface area contributed by atoms with E-state index in [2.05, 4.69) is 15.1 Å². The highest BCUT2D eigenvalue weighted by molar-refractivity contribution is 7.84. The third-order valence-electron chi connectivity index (χ3n) is 4.17. The van der Waals surface area contributed by atoms with E-state index in [4.69, 9.17) is 16.2 Å². The molecule has 3 aromatic rings. The van der Waals surface area contributed by atoms with Gasteiger partial charge in [-0.15, -0.1) is 0 Å². The first kappa shape index (κ1) is 17.0. The third-order valence-corrected chi connectivity index (χ3v) is 5.05. The molecule has 7 nitrogen and oxygen atoms in total. The van der Waals surface area contributed by atoms with Gasteiger partial charge in [0.05, 0.1) is 22.1 Å². The smallest absolute Gasteiger partial charge is 0.287 e. The van der Waals surface area contributed by atoms with E-state index in [1.807, 2.05) is 48.5 Å². The maximum absolute atomic E-state index is 11.1. The zero-order valence-corrected chi connectivity index (χ0v) is 15.2. The van der Waals surface area contributed by atoms with E-state index in [0.717, 1.165) is 21.7 Å². The molecule has 0 bridgehead atoms. The molecule has 0 aliphatic carbocycles. The van der Waals surface area contributed by atoms with Crippen LogP contribution in [0.15, 0.2) is 48.5 Å². The summed E-state index contributed by atoms with van der Waals surface area (Å²) in [6.07, 6.45) is 0.556. The molecule has 0 saturated heterocycles. The molecule has 0 saturated carbocycles. The van der Waals surface area contributed by atoms with Gasteiger partial charge >= 0.3 is 0 Å². The first-order valence-electron chi connectivity index (χ1n) is 7.93. The zero-order chi connectivity index (χ0) is 18.3. The number of para-hydroxylation sites is 2. The first-order chi connectivity index (χ1) is 12.4. The fourth-order valence-electron chi connectivity index (χ4n) is 3.13. The summed E-state index contributed by atoms with van der Waals surface area (Å²) in [5, 5.41) is 9.19. The molecule has 2 heterocycles. The first-order valence-corrected chi connectivity index (χ1v) is 9.92. The monoisotopic (exact) mass is 390 g/mol. The Morgan fingerprint density at radius 1 is 1.04 bits per heavy atom. The van der Waals surface area contributed by atoms with Gasteiger partial charge in [-0.3, -0.25) is 4.55 Å². The van der Waals surface area contributed by atoms with Gasteiger partial charge in [0.25, 0.3) is 10.1 Å². The van der Waals surface area contributed by atoms with Crippen molar-refractivity contribution in [1.82, 2.24) is 15.0 Å². The summed E-state index contributed by atoms with van der Waals surface area (Å²) < 4.78 is 31.3. The van der Waals surface area contributed by atoms with Gasteiger partial charge in [-0.05, 0) is 18.2 Å². The Morgan fingerprint density at radius 3 is 2.46 bits per heavy atom. The van der Waals surface area contributed by atoms with E-state index in [1.165, 1.54) is 0 Å². The summed E-state index contributed by atoms with van der Waals surface area (Å²) in [4.78, 5) is 3.12. The van der Waals surface area contributed by atoms with E-state index in [1.54, 1.807) is 0 Å². The van der Waals surface area contributed by atoms with Crippen LogP contribution >= 0.6 is 11.6 Å². The van der Waals surface area contributed by atoms with Crippen molar-refractivity contribution in [1.29, 1.82) is 0 Å². The number of benzene rings is 2. The molecule has 1 aromatic heterocycles. The van der Waals surface area contributed by atoms with Gasteiger partial charge < -0.3 is 4.90 Å². The second-order valence-electron chi connectivity index (χ2n) is 5.95. The predicted octanol–water partition coefficient (Wildman–Crippen LogP) is 3.14. The van der Waals surface area contributed by atoms with Crippen LogP contribution in [-0.2, 0) is 22.4 Å². The molecule has 9 heteroatoms. The van der Waals surface area contributed by atoms with Gasteiger partial charge in [0.15, 0.2) is 5.88 Å². The molecule has 0 radical (unpaired) electrons. The van der Waals surface area contributed by atoms with Crippen molar-refractivity contribution in [3.63, 3.8) is 0 Å². The molecule has 1 N–H and O–H groups in total. The van der Waals surface area contributed by atoms with Gasteiger partial charge in [0.1, 0.15) is 5.69 Å². The Hall–Kier alpha value is -2.42. The van der Waals surface area contributed by atoms with E-state index in [9.17, 15) is 8.42 Å². The lowest BCUT2D eigenvalue weighted by Crippen LogP contribution is -2.20. The van der Waals surface area contributed by atoms with Gasteiger partial charge in [0.2, 0.25) is 0 Å². The summed E-state index contributed by atoms with van der Waals surface area (Å²) >= 11 is 6.39. The highest BCUT2D eigenvalue weighted by Gasteiger charge is 2.26. The van der Waals surface area contributed by atoms with Gasteiger partial charge in [0, 0.05) is 18.5 Å². The average Bonchev–Trinajstić information content (AvgIpc) is 2.91. The standard InChI is InChI=1S/C17H15ClN4O3S/c18-13-6-2-4-8-16(13)21-10-9-14-17(12-5-1-3-7-15(12)21)20-22(19-14)11-26(23,24)25/h1-8H,9-11H2,(H,23,24,25). The summed E-state index contributed by atoms with van der Waals surface area (Å²) in [5.41, 5.74) is 3.92. The number of hydrogen-bond donors (Lipinski definition) is 1. The zero-order valence-electron chi connectivity index (χ0n) is 13.6. The van der Waals surface area contributed by atoms with Crippen LogP contribution in [0.25, 0.3) is 11.3 Å². The minimum atomic E-state index is -4.21. The second kappa shape index (κ2) is 6.39. The molecular weight excluding hydrogens is 376 g/mol. The molecule has 26 heavy (non-hydrogen) atoms. The van der Waals surface area contributed by atoms with Crippen LogP contribution in [0.5, 0.6) is 0 Å². The van der Waals surface area contributed by atoms with Crippen molar-refractivity contribution in [3.8, 4) is 11.3 Å². The molecule has 0 atom stereocenters. The van der Waals surface area contributed by atoms with Crippen molar-refractivity contribution in [2.75, 3.05) is 11.4 Å². The lowest BCUT2D eigenvalue weighted by molar-refractivity contribution is 0.457. The highest BCUT2D eigenvalue weighted by atomic mass is 35.5. The number of hydrogen-bond acceptors (Lipinski definition) is 5. The normalized spacial score (nSPS) is 13.8. The fourth-order valence-corrected chi connectivity index (χ4v) is 3.78. The van der Waals surface area contributed by atoms with E-state index < -0.39 is 16.0 Å². The lowest BCUT2D eigenvalue weighted by Gasteiger charge is -2.25. The van der Waals surface area contributed by atoms with Crippen molar-refractivity contribution < 1.29 is 13.0 Å². The number of aromatic nitrogens is 3. The summed E-state index contributed by atoms with van der Waals surface area (Å²) in [6.45, 7) is 0.609. The number of fused-ring (bicyclic) bond motifs is 3. The Balaban J connectivity index is 1.84. The molecule has 2 aromatic carbocycles. The molecule has 0 spiro atoms. The lowest BCUT2D eigenvalue weighted by atomic mass is 10.1. The van der Waals surface area contributed by atoms with Crippen LogP contribution in [-0.4, -0.2) is 34.5 Å². The van der Waals surface area contributed by atoms with Crippen LogP contribution in [0.4, 0.5) is 11.4 Å². The molecule has 1 aliphatic rings. The van der Waals surface area contributed by atoms with Gasteiger partial charge in [-0.25, -0.2) is 0 Å². The van der Waals surface area contributed by atoms with Crippen molar-refractivity contribution in [2.45, 2.75) is 12.3 Å². The number of rotatable bonds is 3. The Kier molecular flexibility index (Phi) is 4.18. The quantitative estimate of drug-likeness (QED) is 0.691. The number of nitrogens with zero attached hydrogens (tertiary/aromatic N) is 4. The van der Waals surface area contributed by atoms with Crippen LogP contribution in [0.3, 0.4) is 0 Å². The van der Waals surface area contributed by atoms with E-state index in [-0.39, 0.29) is 0 Å². The Labute approximate surface area is 155 Å². The van der Waals surface area contributed by atoms with Crippen molar-refractivity contribution in [2.24, 2.45) is 0 Å². The molecule has 0 unspecified atom stereocenters. The topological polar surface area (TPSA) is 88.3 Å². The minimum Gasteiger partial charge on any atom is -0.339 e. The van der Waals surface area contributed by atoms with Crippen LogP contribution in [0, 0.1) is 0 Å². The Morgan fingerprint density at radius 2 is 1.73 bits per heavy atom. The maximum atomic E-state index is 11.1. The van der Waals surface area contributed by atoms with Crippen LogP contribution < -0.4 is 4.90 Å². The summed E-state index contributed by atoms with van der Waals surface area (Å²) in [6, 6.07) is 15.3. The molecular formula is C17H15ClN4O3S. The second-order valence-corrected chi connectivity index (χ2v) is 7.78. The molecule has 134 valence electrons. The SMILES string of the molecule is O=S(=O)(O)Cn1nc2c(n1)-c1ccccc1N(c1ccccc1Cl)CC2. The summed E-state index contributed by atoms with van der Waals surface area (Å²) in [7, 11) is -4.21. The Bertz CT molecular complexity index is 1080. The number of halogens is 1.